The molecular formula is C15H17ClN2. The second-order valence-corrected chi connectivity index (χ2v) is 4.92. The molecule has 0 N–H and O–H groups in total. The van der Waals surface area contributed by atoms with Crippen LogP contribution in [0.2, 0.25) is 5.15 Å². The fourth-order valence-electron chi connectivity index (χ4n) is 2.17. The van der Waals surface area contributed by atoms with Crippen LogP contribution in [0, 0.1) is 13.8 Å². The Morgan fingerprint density at radius 1 is 1.17 bits per heavy atom. The predicted molar refractivity (Wildman–Crippen MR) is 75.9 cm³/mol. The van der Waals surface area contributed by atoms with E-state index in [9.17, 15) is 0 Å². The number of aromatic nitrogens is 2. The van der Waals surface area contributed by atoms with Crippen molar-refractivity contribution >= 4 is 11.6 Å². The van der Waals surface area contributed by atoms with E-state index in [0.717, 1.165) is 29.7 Å². The van der Waals surface area contributed by atoms with Crippen molar-refractivity contribution in [1.29, 1.82) is 0 Å². The summed E-state index contributed by atoms with van der Waals surface area (Å²) in [7, 11) is 0. The maximum absolute atomic E-state index is 6.19. The van der Waals surface area contributed by atoms with Gasteiger partial charge < -0.3 is 0 Å². The minimum absolute atomic E-state index is 0.571. The largest absolute Gasteiger partial charge is 0.236 e. The van der Waals surface area contributed by atoms with Crippen LogP contribution < -0.4 is 0 Å². The topological polar surface area (TPSA) is 25.8 Å². The van der Waals surface area contributed by atoms with Gasteiger partial charge in [0.25, 0.3) is 0 Å². The molecule has 1 aromatic carbocycles. The molecule has 3 heteroatoms. The maximum Gasteiger partial charge on any atom is 0.136 e. The summed E-state index contributed by atoms with van der Waals surface area (Å²) < 4.78 is 0. The lowest BCUT2D eigenvalue weighted by Crippen LogP contribution is -1.98. The highest BCUT2D eigenvalue weighted by molar-refractivity contribution is 6.30. The van der Waals surface area contributed by atoms with Gasteiger partial charge in [0.05, 0.1) is 5.69 Å². The second kappa shape index (κ2) is 5.49. The maximum atomic E-state index is 6.19. The molecule has 0 saturated carbocycles. The van der Waals surface area contributed by atoms with E-state index < -0.39 is 0 Å². The Hall–Kier alpha value is -1.41. The van der Waals surface area contributed by atoms with Crippen LogP contribution in [0.25, 0.3) is 11.3 Å². The fourth-order valence-corrected chi connectivity index (χ4v) is 2.40. The molecule has 2 aromatic rings. The van der Waals surface area contributed by atoms with E-state index in [4.69, 9.17) is 11.6 Å². The van der Waals surface area contributed by atoms with Gasteiger partial charge in [0.1, 0.15) is 11.5 Å². The lowest BCUT2D eigenvalue weighted by molar-refractivity contribution is 0.904. The first-order valence-electron chi connectivity index (χ1n) is 6.20. The summed E-state index contributed by atoms with van der Waals surface area (Å²) in [5.74, 6) is 0. The molecule has 0 amide bonds. The van der Waals surface area contributed by atoms with Crippen LogP contribution in [-0.4, -0.2) is 9.97 Å². The van der Waals surface area contributed by atoms with Gasteiger partial charge in [0, 0.05) is 11.1 Å². The molecule has 0 bridgehead atoms. The monoisotopic (exact) mass is 260 g/mol. The number of hydrogen-bond acceptors (Lipinski definition) is 2. The van der Waals surface area contributed by atoms with E-state index in [-0.39, 0.29) is 0 Å². The molecule has 94 valence electrons. The van der Waals surface area contributed by atoms with Gasteiger partial charge in [-0.1, -0.05) is 48.7 Å². The lowest BCUT2D eigenvalue weighted by atomic mass is 9.98. The normalized spacial score (nSPS) is 10.7. The highest BCUT2D eigenvalue weighted by atomic mass is 35.5. The van der Waals surface area contributed by atoms with E-state index >= 15 is 0 Å². The summed E-state index contributed by atoms with van der Waals surface area (Å²) >= 11 is 6.19. The molecule has 0 aliphatic heterocycles. The van der Waals surface area contributed by atoms with Crippen LogP contribution in [0.4, 0.5) is 0 Å². The minimum Gasteiger partial charge on any atom is -0.236 e. The van der Waals surface area contributed by atoms with Crippen LogP contribution in [0.1, 0.15) is 30.0 Å². The number of nitrogens with zero attached hydrogens (tertiary/aromatic N) is 2. The Kier molecular flexibility index (Phi) is 3.97. The van der Waals surface area contributed by atoms with Gasteiger partial charge >= 0.3 is 0 Å². The first kappa shape index (κ1) is 13.0. The smallest absolute Gasteiger partial charge is 0.136 e. The number of hydrogen-bond donors (Lipinski definition) is 0. The van der Waals surface area contributed by atoms with Crippen molar-refractivity contribution in [1.82, 2.24) is 9.97 Å². The Morgan fingerprint density at radius 3 is 2.61 bits per heavy atom. The molecule has 2 rings (SSSR count). The summed E-state index contributed by atoms with van der Waals surface area (Å²) in [6, 6.07) is 6.39. The molecule has 0 spiro atoms. The van der Waals surface area contributed by atoms with Crippen LogP contribution in [0.5, 0.6) is 0 Å². The highest BCUT2D eigenvalue weighted by Gasteiger charge is 2.12. The number of rotatable bonds is 3. The Bertz CT molecular complexity index is 564. The van der Waals surface area contributed by atoms with Gasteiger partial charge in [0.15, 0.2) is 0 Å². The Balaban J connectivity index is 2.59. The second-order valence-electron chi connectivity index (χ2n) is 4.56. The van der Waals surface area contributed by atoms with E-state index in [0.29, 0.717) is 5.15 Å². The third-order valence-corrected chi connectivity index (χ3v) is 3.36. The quantitative estimate of drug-likeness (QED) is 0.766. The molecule has 0 saturated heterocycles. The van der Waals surface area contributed by atoms with E-state index in [1.807, 2.05) is 0 Å². The molecule has 18 heavy (non-hydrogen) atoms. The summed E-state index contributed by atoms with van der Waals surface area (Å²) in [5, 5.41) is 0.571. The van der Waals surface area contributed by atoms with E-state index in [1.165, 1.54) is 17.5 Å². The molecule has 0 fully saturated rings. The van der Waals surface area contributed by atoms with Crippen molar-refractivity contribution in [2.75, 3.05) is 0 Å². The first-order chi connectivity index (χ1) is 8.63. The SMILES string of the molecule is CCCc1c(Cl)ncnc1-c1ccc(C)cc1C. The first-order valence-corrected chi connectivity index (χ1v) is 6.58. The van der Waals surface area contributed by atoms with Gasteiger partial charge in [-0.2, -0.15) is 0 Å². The summed E-state index contributed by atoms with van der Waals surface area (Å²) in [6.07, 6.45) is 3.48. The van der Waals surface area contributed by atoms with Gasteiger partial charge in [-0.3, -0.25) is 0 Å². The van der Waals surface area contributed by atoms with Crippen LogP contribution in [0.3, 0.4) is 0 Å². The minimum atomic E-state index is 0.571. The van der Waals surface area contributed by atoms with Crippen molar-refractivity contribution in [3.05, 3.63) is 46.4 Å². The summed E-state index contributed by atoms with van der Waals surface area (Å²) in [4.78, 5) is 8.51. The number of aryl methyl sites for hydroxylation is 2. The zero-order valence-electron chi connectivity index (χ0n) is 11.0. The average Bonchev–Trinajstić information content (AvgIpc) is 2.32. The van der Waals surface area contributed by atoms with Crippen LogP contribution in [0.15, 0.2) is 24.5 Å². The molecule has 0 aliphatic rings. The molecule has 1 aromatic heterocycles. The fraction of sp³-hybridized carbons (Fsp3) is 0.333. The van der Waals surface area contributed by atoms with E-state index in [1.54, 1.807) is 0 Å². The van der Waals surface area contributed by atoms with E-state index in [2.05, 4.69) is 48.9 Å². The van der Waals surface area contributed by atoms with Gasteiger partial charge in [-0.25, -0.2) is 9.97 Å². The zero-order valence-corrected chi connectivity index (χ0v) is 11.8. The van der Waals surface area contributed by atoms with Crippen LogP contribution in [-0.2, 0) is 6.42 Å². The molecule has 2 nitrogen and oxygen atoms in total. The number of benzene rings is 1. The predicted octanol–water partition coefficient (Wildman–Crippen LogP) is 4.37. The van der Waals surface area contributed by atoms with Crippen molar-refractivity contribution in [2.24, 2.45) is 0 Å². The highest BCUT2D eigenvalue weighted by Crippen LogP contribution is 2.29. The van der Waals surface area contributed by atoms with Gasteiger partial charge in [-0.15, -0.1) is 0 Å². The standard InChI is InChI=1S/C15H17ClN2/c1-4-5-13-14(17-9-18-15(13)16)12-7-6-10(2)8-11(12)3/h6-9H,4-5H2,1-3H3. The van der Waals surface area contributed by atoms with Gasteiger partial charge in [0.2, 0.25) is 0 Å². The molecule has 0 unspecified atom stereocenters. The summed E-state index contributed by atoms with van der Waals surface area (Å²) in [6.45, 7) is 6.33. The van der Waals surface area contributed by atoms with Crippen molar-refractivity contribution < 1.29 is 0 Å². The molecule has 1 heterocycles. The molecule has 0 aliphatic carbocycles. The van der Waals surface area contributed by atoms with Crippen molar-refractivity contribution in [3.8, 4) is 11.3 Å². The average molecular weight is 261 g/mol. The Labute approximate surface area is 113 Å². The van der Waals surface area contributed by atoms with Crippen molar-refractivity contribution in [2.45, 2.75) is 33.6 Å². The van der Waals surface area contributed by atoms with Gasteiger partial charge in [-0.05, 0) is 25.8 Å². The number of halogens is 1. The lowest BCUT2D eigenvalue weighted by Gasteiger charge is -2.11. The summed E-state index contributed by atoms with van der Waals surface area (Å²) in [5.41, 5.74) is 5.65. The third-order valence-electron chi connectivity index (χ3n) is 3.03. The molecule has 0 atom stereocenters. The van der Waals surface area contributed by atoms with Crippen LogP contribution >= 0.6 is 11.6 Å². The Morgan fingerprint density at radius 2 is 1.94 bits per heavy atom. The zero-order chi connectivity index (χ0) is 13.1. The van der Waals surface area contributed by atoms with Crippen molar-refractivity contribution in [3.63, 3.8) is 0 Å². The molecule has 0 radical (unpaired) electrons. The molecular weight excluding hydrogens is 244 g/mol. The third kappa shape index (κ3) is 2.54.